The lowest BCUT2D eigenvalue weighted by Crippen LogP contribution is -2.41. The molecular weight excluding hydrogens is 305 g/mol. The summed E-state index contributed by atoms with van der Waals surface area (Å²) in [5, 5.41) is 2.81. The van der Waals surface area contributed by atoms with E-state index in [0.29, 0.717) is 17.5 Å². The molecule has 0 unspecified atom stereocenters. The highest BCUT2D eigenvalue weighted by Crippen LogP contribution is 2.29. The van der Waals surface area contributed by atoms with Gasteiger partial charge in [0.1, 0.15) is 0 Å². The molecule has 6 heteroatoms. The van der Waals surface area contributed by atoms with Crippen molar-refractivity contribution in [1.82, 2.24) is 10.2 Å². The van der Waals surface area contributed by atoms with Crippen LogP contribution in [-0.2, 0) is 12.7 Å². The largest absolute Gasteiger partial charge is 0.416 e. The molecule has 0 saturated heterocycles. The quantitative estimate of drug-likeness (QED) is 0.823. The van der Waals surface area contributed by atoms with Crippen LogP contribution in [0.25, 0.3) is 0 Å². The predicted octanol–water partition coefficient (Wildman–Crippen LogP) is 4.43. The molecule has 0 radical (unpaired) electrons. The van der Waals surface area contributed by atoms with Gasteiger partial charge in [-0.3, -0.25) is 0 Å². The number of nitrogens with zero attached hydrogens (tertiary/aromatic N) is 1. The van der Waals surface area contributed by atoms with Gasteiger partial charge in [-0.1, -0.05) is 26.0 Å². The summed E-state index contributed by atoms with van der Waals surface area (Å²) in [5.41, 5.74) is -0.0185. The number of urea groups is 1. The summed E-state index contributed by atoms with van der Waals surface area (Å²) in [6.45, 7) is 5.19. The van der Waals surface area contributed by atoms with Gasteiger partial charge in [-0.15, -0.1) is 0 Å². The van der Waals surface area contributed by atoms with E-state index in [2.05, 4.69) is 19.2 Å². The lowest BCUT2D eigenvalue weighted by Gasteiger charge is -2.23. The van der Waals surface area contributed by atoms with Crippen LogP contribution in [0, 0.1) is 5.92 Å². The number of alkyl halides is 3. The molecule has 128 valence electrons. The van der Waals surface area contributed by atoms with Crippen molar-refractivity contribution < 1.29 is 18.0 Å². The van der Waals surface area contributed by atoms with E-state index in [1.807, 2.05) is 4.90 Å². The highest BCUT2D eigenvalue weighted by Gasteiger charge is 2.32. The Morgan fingerprint density at radius 1 is 1.26 bits per heavy atom. The highest BCUT2D eigenvalue weighted by molar-refractivity contribution is 5.74. The molecular formula is C17H23F3N2O. The van der Waals surface area contributed by atoms with E-state index >= 15 is 0 Å². The number of benzene rings is 1. The average molecular weight is 328 g/mol. The number of halogens is 3. The summed E-state index contributed by atoms with van der Waals surface area (Å²) in [5.74, 6) is 0.527. The Labute approximate surface area is 134 Å². The van der Waals surface area contributed by atoms with Gasteiger partial charge in [-0.25, -0.2) is 4.79 Å². The first-order valence-corrected chi connectivity index (χ1v) is 7.98. The molecule has 2 rings (SSSR count). The molecule has 0 bridgehead atoms. The smallest absolute Gasteiger partial charge is 0.334 e. The van der Waals surface area contributed by atoms with Crippen LogP contribution in [0.3, 0.4) is 0 Å². The van der Waals surface area contributed by atoms with Crippen LogP contribution in [-0.4, -0.2) is 23.5 Å². The Bertz CT molecular complexity index is 522. The van der Waals surface area contributed by atoms with Crippen molar-refractivity contribution in [3.63, 3.8) is 0 Å². The number of carbonyl (C=O) groups is 1. The summed E-state index contributed by atoms with van der Waals surface area (Å²) < 4.78 is 37.5. The molecule has 0 heterocycles. The second kappa shape index (κ2) is 7.23. The minimum Gasteiger partial charge on any atom is -0.334 e. The van der Waals surface area contributed by atoms with Gasteiger partial charge in [0.15, 0.2) is 0 Å². The van der Waals surface area contributed by atoms with Crippen LogP contribution in [0.4, 0.5) is 18.0 Å². The van der Waals surface area contributed by atoms with E-state index in [-0.39, 0.29) is 12.6 Å². The van der Waals surface area contributed by atoms with Crippen LogP contribution >= 0.6 is 0 Å². The van der Waals surface area contributed by atoms with Crippen molar-refractivity contribution in [2.24, 2.45) is 5.92 Å². The molecule has 0 spiro atoms. The number of rotatable bonds is 6. The minimum absolute atomic E-state index is 0.131. The lowest BCUT2D eigenvalue weighted by atomic mass is 10.1. The standard InChI is InChI=1S/C17H23F3N2O/c1-12(2)9-10-22(15-7-8-15)16(23)21-11-13-3-5-14(6-4-13)17(18,19)20/h3-6,12,15H,7-11H2,1-2H3,(H,21,23). The average Bonchev–Trinajstić information content (AvgIpc) is 3.29. The van der Waals surface area contributed by atoms with Crippen LogP contribution < -0.4 is 5.32 Å². The molecule has 1 N–H and O–H groups in total. The predicted molar refractivity (Wildman–Crippen MR) is 82.9 cm³/mol. The summed E-state index contributed by atoms with van der Waals surface area (Å²) in [6.07, 6.45) is -1.32. The third kappa shape index (κ3) is 5.44. The molecule has 23 heavy (non-hydrogen) atoms. The van der Waals surface area contributed by atoms with E-state index in [1.54, 1.807) is 0 Å². The molecule has 0 aliphatic heterocycles. The first kappa shape index (κ1) is 17.6. The van der Waals surface area contributed by atoms with Gasteiger partial charge in [-0.05, 0) is 42.9 Å². The second-order valence-corrected chi connectivity index (χ2v) is 6.46. The van der Waals surface area contributed by atoms with Crippen LogP contribution in [0.15, 0.2) is 24.3 Å². The zero-order valence-electron chi connectivity index (χ0n) is 13.5. The van der Waals surface area contributed by atoms with E-state index in [9.17, 15) is 18.0 Å². The van der Waals surface area contributed by atoms with Crippen molar-refractivity contribution in [2.45, 2.75) is 51.9 Å². The zero-order valence-corrected chi connectivity index (χ0v) is 13.5. The molecule has 1 aromatic rings. The minimum atomic E-state index is -4.33. The van der Waals surface area contributed by atoms with E-state index in [1.165, 1.54) is 12.1 Å². The number of nitrogens with one attached hydrogen (secondary N) is 1. The Kier molecular flexibility index (Phi) is 5.55. The summed E-state index contributed by atoms with van der Waals surface area (Å²) in [7, 11) is 0. The van der Waals surface area contributed by atoms with E-state index in [0.717, 1.165) is 37.9 Å². The lowest BCUT2D eigenvalue weighted by molar-refractivity contribution is -0.137. The normalized spacial score (nSPS) is 14.9. The molecule has 1 saturated carbocycles. The summed E-state index contributed by atoms with van der Waals surface area (Å²) >= 11 is 0. The number of hydrogen-bond acceptors (Lipinski definition) is 1. The Balaban J connectivity index is 1.87. The topological polar surface area (TPSA) is 32.3 Å². The SMILES string of the molecule is CC(C)CCN(C(=O)NCc1ccc(C(F)(F)F)cc1)C1CC1. The van der Waals surface area contributed by atoms with Crippen molar-refractivity contribution in [3.05, 3.63) is 35.4 Å². The van der Waals surface area contributed by atoms with Gasteiger partial charge in [0.05, 0.1) is 5.56 Å². The number of hydrogen-bond donors (Lipinski definition) is 1. The van der Waals surface area contributed by atoms with Crippen molar-refractivity contribution in [1.29, 1.82) is 0 Å². The summed E-state index contributed by atoms with van der Waals surface area (Å²) in [6, 6.07) is 5.07. The molecule has 1 fully saturated rings. The van der Waals surface area contributed by atoms with Gasteiger partial charge in [-0.2, -0.15) is 13.2 Å². The molecule has 1 aliphatic rings. The first-order chi connectivity index (χ1) is 10.8. The third-order valence-electron chi connectivity index (χ3n) is 3.92. The maximum Gasteiger partial charge on any atom is 0.416 e. The monoisotopic (exact) mass is 328 g/mol. The van der Waals surface area contributed by atoms with Crippen molar-refractivity contribution in [3.8, 4) is 0 Å². The van der Waals surface area contributed by atoms with Gasteiger partial charge >= 0.3 is 12.2 Å². The fourth-order valence-corrected chi connectivity index (χ4v) is 2.32. The summed E-state index contributed by atoms with van der Waals surface area (Å²) in [4.78, 5) is 14.1. The Morgan fingerprint density at radius 2 is 1.87 bits per heavy atom. The first-order valence-electron chi connectivity index (χ1n) is 7.98. The highest BCUT2D eigenvalue weighted by atomic mass is 19.4. The molecule has 1 aliphatic carbocycles. The van der Waals surface area contributed by atoms with Crippen molar-refractivity contribution >= 4 is 6.03 Å². The molecule has 1 aromatic carbocycles. The molecule has 2 amide bonds. The fraction of sp³-hybridized carbons (Fsp3) is 0.588. The Morgan fingerprint density at radius 3 is 2.35 bits per heavy atom. The fourth-order valence-electron chi connectivity index (χ4n) is 2.32. The zero-order chi connectivity index (χ0) is 17.0. The second-order valence-electron chi connectivity index (χ2n) is 6.46. The van der Waals surface area contributed by atoms with E-state index in [4.69, 9.17) is 0 Å². The van der Waals surface area contributed by atoms with Crippen molar-refractivity contribution in [2.75, 3.05) is 6.54 Å². The number of amides is 2. The van der Waals surface area contributed by atoms with Gasteiger partial charge in [0, 0.05) is 19.1 Å². The van der Waals surface area contributed by atoms with Crippen LogP contribution in [0.1, 0.15) is 44.2 Å². The Hall–Kier alpha value is -1.72. The van der Waals surface area contributed by atoms with Gasteiger partial charge < -0.3 is 10.2 Å². The maximum atomic E-state index is 12.5. The van der Waals surface area contributed by atoms with Crippen LogP contribution in [0.5, 0.6) is 0 Å². The third-order valence-corrected chi connectivity index (χ3v) is 3.92. The van der Waals surface area contributed by atoms with E-state index < -0.39 is 11.7 Å². The number of carbonyl (C=O) groups excluding carboxylic acids is 1. The van der Waals surface area contributed by atoms with Gasteiger partial charge in [0.25, 0.3) is 0 Å². The molecule has 3 nitrogen and oxygen atoms in total. The maximum absolute atomic E-state index is 12.5. The van der Waals surface area contributed by atoms with Crippen LogP contribution in [0.2, 0.25) is 0 Å². The van der Waals surface area contributed by atoms with Gasteiger partial charge in [0.2, 0.25) is 0 Å². The molecule has 0 aromatic heterocycles. The molecule has 0 atom stereocenters.